The summed E-state index contributed by atoms with van der Waals surface area (Å²) in [5.74, 6) is -1.41. The highest BCUT2D eigenvalue weighted by molar-refractivity contribution is 7.89. The second kappa shape index (κ2) is 8.93. The average molecular weight is 475 g/mol. The first-order chi connectivity index (χ1) is 14.2. The molecule has 0 bridgehead atoms. The van der Waals surface area contributed by atoms with Gasteiger partial charge in [-0.1, -0.05) is 29.6 Å². The van der Waals surface area contributed by atoms with Crippen molar-refractivity contribution in [2.75, 3.05) is 25.5 Å². The number of methoxy groups -OCH3 is 1. The van der Waals surface area contributed by atoms with Crippen molar-refractivity contribution in [3.05, 3.63) is 39.6 Å². The lowest BCUT2D eigenvalue weighted by molar-refractivity contribution is 0.0589. The number of sulfonamides is 1. The molecule has 1 aromatic heterocycles. The molecule has 1 saturated heterocycles. The maximum Gasteiger partial charge on any atom is 0.358 e. The molecule has 0 saturated carbocycles. The lowest BCUT2D eigenvalue weighted by atomic mass is 10.2. The maximum atomic E-state index is 13.0. The number of piperidine rings is 1. The lowest BCUT2D eigenvalue weighted by Gasteiger charge is -2.26. The minimum Gasteiger partial charge on any atom is -0.464 e. The third-order valence-electron chi connectivity index (χ3n) is 4.76. The Kier molecular flexibility index (Phi) is 6.71. The van der Waals surface area contributed by atoms with E-state index in [0.717, 1.165) is 25.3 Å². The molecule has 1 aliphatic heterocycles. The number of rotatable bonds is 5. The van der Waals surface area contributed by atoms with E-state index >= 15 is 0 Å². The quantitative estimate of drug-likeness (QED) is 0.666. The number of nitrogens with one attached hydrogen (secondary N) is 1. The SMILES string of the molecule is COC(=O)c1c(NC(=O)c2cc(S(=O)(=O)N3CCCCC3)c(Cl)cc2Cl)cnn1C. The van der Waals surface area contributed by atoms with Gasteiger partial charge in [0.25, 0.3) is 5.91 Å². The van der Waals surface area contributed by atoms with E-state index < -0.39 is 21.9 Å². The maximum absolute atomic E-state index is 13.0. The molecule has 2 aromatic rings. The molecular formula is C18H20Cl2N4O5S. The molecule has 162 valence electrons. The van der Waals surface area contributed by atoms with Crippen molar-refractivity contribution in [3.63, 3.8) is 0 Å². The Morgan fingerprint density at radius 2 is 1.80 bits per heavy atom. The molecular weight excluding hydrogens is 455 g/mol. The first kappa shape index (κ1) is 22.5. The van der Waals surface area contributed by atoms with Crippen LogP contribution in [0.15, 0.2) is 23.2 Å². The molecule has 1 fully saturated rings. The van der Waals surface area contributed by atoms with Crippen molar-refractivity contribution in [2.45, 2.75) is 24.2 Å². The van der Waals surface area contributed by atoms with E-state index in [9.17, 15) is 18.0 Å². The van der Waals surface area contributed by atoms with E-state index in [0.29, 0.717) is 13.1 Å². The number of hydrogen-bond donors (Lipinski definition) is 1. The summed E-state index contributed by atoms with van der Waals surface area (Å²) in [6.45, 7) is 0.780. The van der Waals surface area contributed by atoms with Crippen molar-refractivity contribution in [2.24, 2.45) is 7.05 Å². The molecule has 30 heavy (non-hydrogen) atoms. The van der Waals surface area contributed by atoms with E-state index in [-0.39, 0.29) is 31.9 Å². The Morgan fingerprint density at radius 1 is 1.13 bits per heavy atom. The van der Waals surface area contributed by atoms with E-state index in [1.807, 2.05) is 0 Å². The van der Waals surface area contributed by atoms with Gasteiger partial charge in [0, 0.05) is 20.1 Å². The fourth-order valence-electron chi connectivity index (χ4n) is 3.20. The molecule has 0 unspecified atom stereocenters. The van der Waals surface area contributed by atoms with Gasteiger partial charge in [-0.3, -0.25) is 9.48 Å². The number of benzene rings is 1. The Balaban J connectivity index is 1.96. The summed E-state index contributed by atoms with van der Waals surface area (Å²) in [4.78, 5) is 24.6. The van der Waals surface area contributed by atoms with E-state index in [2.05, 4.69) is 10.4 Å². The summed E-state index contributed by atoms with van der Waals surface area (Å²) in [5.41, 5.74) is 0.0224. The molecule has 0 spiro atoms. The van der Waals surface area contributed by atoms with Gasteiger partial charge in [-0.15, -0.1) is 0 Å². The van der Waals surface area contributed by atoms with Gasteiger partial charge in [-0.05, 0) is 25.0 Å². The zero-order valence-corrected chi connectivity index (χ0v) is 18.6. The highest BCUT2D eigenvalue weighted by Gasteiger charge is 2.30. The monoisotopic (exact) mass is 474 g/mol. The molecule has 1 amide bonds. The Bertz CT molecular complexity index is 1090. The number of nitrogens with zero attached hydrogens (tertiary/aromatic N) is 3. The van der Waals surface area contributed by atoms with E-state index in [1.165, 1.54) is 35.4 Å². The summed E-state index contributed by atoms with van der Waals surface area (Å²) >= 11 is 12.3. The van der Waals surface area contributed by atoms with Gasteiger partial charge in [0.2, 0.25) is 10.0 Å². The lowest BCUT2D eigenvalue weighted by Crippen LogP contribution is -2.35. The molecule has 1 N–H and O–H groups in total. The van der Waals surface area contributed by atoms with Crippen molar-refractivity contribution in [1.29, 1.82) is 0 Å². The predicted octanol–water partition coefficient (Wildman–Crippen LogP) is 2.94. The molecule has 0 atom stereocenters. The standard InChI is InChI=1S/C18H20Cl2N4O5S/c1-23-16(18(26)29-2)14(10-21-23)22-17(25)11-8-15(13(20)9-12(11)19)30(27,28)24-6-4-3-5-7-24/h8-10H,3-7H2,1-2H3,(H,22,25). The van der Waals surface area contributed by atoms with E-state index in [1.54, 1.807) is 0 Å². The summed E-state index contributed by atoms with van der Waals surface area (Å²) in [6, 6.07) is 2.37. The first-order valence-electron chi connectivity index (χ1n) is 9.07. The number of aryl methyl sites for hydroxylation is 1. The molecule has 2 heterocycles. The van der Waals surface area contributed by atoms with Crippen molar-refractivity contribution >= 4 is 50.8 Å². The van der Waals surface area contributed by atoms with Crippen LogP contribution in [0.1, 0.15) is 40.1 Å². The highest BCUT2D eigenvalue weighted by atomic mass is 35.5. The fourth-order valence-corrected chi connectivity index (χ4v) is 5.55. The molecule has 0 radical (unpaired) electrons. The molecule has 12 heteroatoms. The molecule has 9 nitrogen and oxygen atoms in total. The zero-order valence-electron chi connectivity index (χ0n) is 16.3. The Morgan fingerprint density at radius 3 is 2.43 bits per heavy atom. The number of carbonyl (C=O) groups excluding carboxylic acids is 2. The summed E-state index contributed by atoms with van der Waals surface area (Å²) in [7, 11) is -1.17. The van der Waals surface area contributed by atoms with Crippen LogP contribution in [-0.4, -0.2) is 54.6 Å². The molecule has 0 aliphatic carbocycles. The third kappa shape index (κ3) is 4.31. The van der Waals surface area contributed by atoms with Crippen LogP contribution >= 0.6 is 23.2 Å². The Hall–Kier alpha value is -2.14. The minimum atomic E-state index is -3.89. The van der Waals surface area contributed by atoms with E-state index in [4.69, 9.17) is 27.9 Å². The number of amides is 1. The fraction of sp³-hybridized carbons (Fsp3) is 0.389. The van der Waals surface area contributed by atoms with Crippen LogP contribution < -0.4 is 5.32 Å². The number of ether oxygens (including phenoxy) is 1. The van der Waals surface area contributed by atoms with Gasteiger partial charge in [0.15, 0.2) is 5.69 Å². The van der Waals surface area contributed by atoms with Gasteiger partial charge in [0.1, 0.15) is 4.90 Å². The third-order valence-corrected chi connectivity index (χ3v) is 7.44. The highest BCUT2D eigenvalue weighted by Crippen LogP contribution is 2.32. The Labute approximate surface area is 183 Å². The number of hydrogen-bond acceptors (Lipinski definition) is 6. The van der Waals surface area contributed by atoms with Crippen LogP contribution in [0, 0.1) is 0 Å². The number of anilines is 1. The van der Waals surface area contributed by atoms with Gasteiger partial charge in [-0.2, -0.15) is 9.40 Å². The van der Waals surface area contributed by atoms with Crippen LogP contribution in [0.4, 0.5) is 5.69 Å². The smallest absolute Gasteiger partial charge is 0.358 e. The number of halogens is 2. The van der Waals surface area contributed by atoms with Crippen LogP contribution in [-0.2, 0) is 21.8 Å². The van der Waals surface area contributed by atoms with Crippen LogP contribution in [0.2, 0.25) is 10.0 Å². The van der Waals surface area contributed by atoms with Crippen LogP contribution in [0.5, 0.6) is 0 Å². The zero-order chi connectivity index (χ0) is 22.1. The molecule has 1 aliphatic rings. The van der Waals surface area contributed by atoms with Gasteiger partial charge < -0.3 is 10.1 Å². The number of carbonyl (C=O) groups is 2. The van der Waals surface area contributed by atoms with Crippen LogP contribution in [0.25, 0.3) is 0 Å². The average Bonchev–Trinajstić information content (AvgIpc) is 3.07. The van der Waals surface area contributed by atoms with Gasteiger partial charge in [0.05, 0.1) is 34.6 Å². The first-order valence-corrected chi connectivity index (χ1v) is 11.3. The van der Waals surface area contributed by atoms with Gasteiger partial charge in [-0.25, -0.2) is 13.2 Å². The minimum absolute atomic E-state index is 0.0251. The molecule has 1 aromatic carbocycles. The number of esters is 1. The predicted molar refractivity (Wildman–Crippen MR) is 112 cm³/mol. The molecule has 3 rings (SSSR count). The summed E-state index contributed by atoms with van der Waals surface area (Å²) in [6.07, 6.45) is 3.76. The van der Waals surface area contributed by atoms with Gasteiger partial charge >= 0.3 is 5.97 Å². The largest absolute Gasteiger partial charge is 0.464 e. The summed E-state index contributed by atoms with van der Waals surface area (Å²) in [5, 5.41) is 6.35. The topological polar surface area (TPSA) is 111 Å². The normalized spacial score (nSPS) is 15.1. The van der Waals surface area contributed by atoms with Crippen molar-refractivity contribution in [1.82, 2.24) is 14.1 Å². The second-order valence-electron chi connectivity index (χ2n) is 6.70. The summed E-state index contributed by atoms with van der Waals surface area (Å²) < 4.78 is 33.4. The second-order valence-corrected chi connectivity index (χ2v) is 9.42. The van der Waals surface area contributed by atoms with Crippen molar-refractivity contribution in [3.8, 4) is 0 Å². The number of aromatic nitrogens is 2. The van der Waals surface area contributed by atoms with Crippen LogP contribution in [0.3, 0.4) is 0 Å². The van der Waals surface area contributed by atoms with Crippen molar-refractivity contribution < 1.29 is 22.7 Å².